The molecule has 0 aliphatic carbocycles. The topological polar surface area (TPSA) is 62.3 Å². The fraction of sp³-hybridized carbons (Fsp3) is 0.308. The Morgan fingerprint density at radius 1 is 1.33 bits per heavy atom. The van der Waals surface area contributed by atoms with Crippen LogP contribution in [0.3, 0.4) is 0 Å². The Labute approximate surface area is 136 Å². The number of rotatable bonds is 4. The van der Waals surface area contributed by atoms with E-state index in [4.69, 9.17) is 0 Å². The fourth-order valence-electron chi connectivity index (χ4n) is 2.30. The van der Waals surface area contributed by atoms with E-state index in [1.807, 2.05) is 5.38 Å². The monoisotopic (exact) mass is 387 g/mol. The Morgan fingerprint density at radius 2 is 2.10 bits per heavy atom. The molecule has 2 heterocycles. The Hall–Kier alpha value is -0.960. The standard InChI is InChI=1S/C13H14BrN3O2S2/c14-10-1-3-12(4-2-10)21(18,19)16-11-5-7-17(9-11)13-15-6-8-20-13/h1-4,6,8,11,16H,5,7,9H2. The molecule has 2 aromatic rings. The second-order valence-corrected chi connectivity index (χ2v) is 8.32. The molecular formula is C13H14BrN3O2S2. The molecule has 0 radical (unpaired) electrons. The van der Waals surface area contributed by atoms with Crippen LogP contribution in [0.4, 0.5) is 5.13 Å². The Morgan fingerprint density at radius 3 is 2.76 bits per heavy atom. The lowest BCUT2D eigenvalue weighted by atomic mass is 10.3. The maximum Gasteiger partial charge on any atom is 0.240 e. The van der Waals surface area contributed by atoms with Crippen molar-refractivity contribution in [1.29, 1.82) is 0 Å². The zero-order chi connectivity index (χ0) is 14.9. The van der Waals surface area contributed by atoms with Crippen LogP contribution in [0.1, 0.15) is 6.42 Å². The Kier molecular flexibility index (Phi) is 4.30. The number of anilines is 1. The third-order valence-corrected chi connectivity index (χ3v) is 6.22. The minimum atomic E-state index is -3.47. The summed E-state index contributed by atoms with van der Waals surface area (Å²) in [6.07, 6.45) is 2.55. The first-order valence-corrected chi connectivity index (χ1v) is 9.62. The molecule has 8 heteroatoms. The van der Waals surface area contributed by atoms with E-state index in [0.717, 1.165) is 22.6 Å². The van der Waals surface area contributed by atoms with Crippen molar-refractivity contribution in [2.24, 2.45) is 0 Å². The van der Waals surface area contributed by atoms with Gasteiger partial charge in [0, 0.05) is 35.2 Å². The molecule has 1 saturated heterocycles. The van der Waals surface area contributed by atoms with Gasteiger partial charge >= 0.3 is 0 Å². The number of aromatic nitrogens is 1. The summed E-state index contributed by atoms with van der Waals surface area (Å²) in [5.41, 5.74) is 0. The average molecular weight is 388 g/mol. The van der Waals surface area contributed by atoms with Crippen LogP contribution in [0.5, 0.6) is 0 Å². The highest BCUT2D eigenvalue weighted by atomic mass is 79.9. The SMILES string of the molecule is O=S(=O)(NC1CCN(c2nccs2)C1)c1ccc(Br)cc1. The fourth-order valence-corrected chi connectivity index (χ4v) is 4.51. The van der Waals surface area contributed by atoms with Gasteiger partial charge in [-0.05, 0) is 30.7 Å². The number of hydrogen-bond donors (Lipinski definition) is 1. The first-order valence-electron chi connectivity index (χ1n) is 6.47. The zero-order valence-electron chi connectivity index (χ0n) is 11.1. The number of thiazole rings is 1. The largest absolute Gasteiger partial charge is 0.346 e. The van der Waals surface area contributed by atoms with Gasteiger partial charge in [0.2, 0.25) is 10.0 Å². The van der Waals surface area contributed by atoms with E-state index >= 15 is 0 Å². The molecule has 0 spiro atoms. The Balaban J connectivity index is 1.68. The molecule has 1 aliphatic heterocycles. The molecule has 21 heavy (non-hydrogen) atoms. The van der Waals surface area contributed by atoms with E-state index < -0.39 is 10.0 Å². The third kappa shape index (κ3) is 3.45. The van der Waals surface area contributed by atoms with Gasteiger partial charge in [-0.1, -0.05) is 15.9 Å². The molecule has 1 fully saturated rings. The third-order valence-electron chi connectivity index (χ3n) is 3.32. The molecule has 1 unspecified atom stereocenters. The van der Waals surface area contributed by atoms with Gasteiger partial charge in [0.25, 0.3) is 0 Å². The molecule has 1 N–H and O–H groups in total. The van der Waals surface area contributed by atoms with Crippen molar-refractivity contribution in [2.45, 2.75) is 17.4 Å². The zero-order valence-corrected chi connectivity index (χ0v) is 14.3. The van der Waals surface area contributed by atoms with Gasteiger partial charge in [-0.25, -0.2) is 18.1 Å². The minimum Gasteiger partial charge on any atom is -0.346 e. The number of benzene rings is 1. The summed E-state index contributed by atoms with van der Waals surface area (Å²) in [5.74, 6) is 0. The van der Waals surface area contributed by atoms with Crippen molar-refractivity contribution >= 4 is 42.4 Å². The van der Waals surface area contributed by atoms with Crippen LogP contribution in [-0.2, 0) is 10.0 Å². The van der Waals surface area contributed by atoms with Crippen LogP contribution in [0.15, 0.2) is 45.2 Å². The minimum absolute atomic E-state index is 0.0810. The quantitative estimate of drug-likeness (QED) is 0.874. The summed E-state index contributed by atoms with van der Waals surface area (Å²) in [7, 11) is -3.47. The first-order chi connectivity index (χ1) is 10.0. The molecular weight excluding hydrogens is 374 g/mol. The molecule has 112 valence electrons. The first kappa shape index (κ1) is 15.0. The second-order valence-electron chi connectivity index (χ2n) is 4.82. The highest BCUT2D eigenvalue weighted by molar-refractivity contribution is 9.10. The molecule has 0 saturated carbocycles. The summed E-state index contributed by atoms with van der Waals surface area (Å²) in [6.45, 7) is 1.48. The van der Waals surface area contributed by atoms with Gasteiger partial charge < -0.3 is 4.90 Å². The van der Waals surface area contributed by atoms with Crippen molar-refractivity contribution in [3.05, 3.63) is 40.3 Å². The number of nitrogens with one attached hydrogen (secondary N) is 1. The number of halogens is 1. The summed E-state index contributed by atoms with van der Waals surface area (Å²) in [5, 5.41) is 2.87. The van der Waals surface area contributed by atoms with Gasteiger partial charge in [-0.3, -0.25) is 0 Å². The molecule has 1 aliphatic rings. The van der Waals surface area contributed by atoms with Crippen LogP contribution in [-0.4, -0.2) is 32.5 Å². The van der Waals surface area contributed by atoms with Crippen molar-refractivity contribution in [2.75, 3.05) is 18.0 Å². The van der Waals surface area contributed by atoms with E-state index in [2.05, 4.69) is 30.5 Å². The van der Waals surface area contributed by atoms with Crippen LogP contribution < -0.4 is 9.62 Å². The molecule has 5 nitrogen and oxygen atoms in total. The molecule has 3 rings (SSSR count). The van der Waals surface area contributed by atoms with Crippen molar-refractivity contribution in [3.8, 4) is 0 Å². The summed E-state index contributed by atoms with van der Waals surface area (Å²) in [6, 6.07) is 6.57. The normalized spacial score (nSPS) is 19.1. The van der Waals surface area contributed by atoms with Gasteiger partial charge in [0.05, 0.1) is 4.90 Å². The van der Waals surface area contributed by atoms with Crippen LogP contribution in [0.2, 0.25) is 0 Å². The predicted molar refractivity (Wildman–Crippen MR) is 87.2 cm³/mol. The molecule has 0 bridgehead atoms. The summed E-state index contributed by atoms with van der Waals surface area (Å²) in [4.78, 5) is 6.66. The van der Waals surface area contributed by atoms with Crippen LogP contribution in [0.25, 0.3) is 0 Å². The van der Waals surface area contributed by atoms with Crippen molar-refractivity contribution < 1.29 is 8.42 Å². The van der Waals surface area contributed by atoms with Gasteiger partial charge in [0.15, 0.2) is 5.13 Å². The second kappa shape index (κ2) is 6.04. The van der Waals surface area contributed by atoms with Gasteiger partial charge in [-0.15, -0.1) is 11.3 Å². The summed E-state index contributed by atoms with van der Waals surface area (Å²) < 4.78 is 28.3. The number of nitrogens with zero attached hydrogens (tertiary/aromatic N) is 2. The molecule has 0 amide bonds. The van der Waals surface area contributed by atoms with E-state index in [9.17, 15) is 8.42 Å². The summed E-state index contributed by atoms with van der Waals surface area (Å²) >= 11 is 4.87. The maximum absolute atomic E-state index is 12.3. The van der Waals surface area contributed by atoms with Gasteiger partial charge in [-0.2, -0.15) is 0 Å². The lowest BCUT2D eigenvalue weighted by molar-refractivity contribution is 0.561. The highest BCUT2D eigenvalue weighted by Gasteiger charge is 2.28. The smallest absolute Gasteiger partial charge is 0.240 e. The average Bonchev–Trinajstić information content (AvgIpc) is 3.09. The van der Waals surface area contributed by atoms with Crippen molar-refractivity contribution in [3.63, 3.8) is 0 Å². The Bertz CT molecular complexity index is 702. The van der Waals surface area contributed by atoms with E-state index in [1.165, 1.54) is 0 Å². The number of hydrogen-bond acceptors (Lipinski definition) is 5. The predicted octanol–water partition coefficient (Wildman–Crippen LogP) is 2.46. The maximum atomic E-state index is 12.3. The van der Waals surface area contributed by atoms with Crippen molar-refractivity contribution in [1.82, 2.24) is 9.71 Å². The van der Waals surface area contributed by atoms with E-state index in [-0.39, 0.29) is 6.04 Å². The molecule has 1 aromatic carbocycles. The van der Waals surface area contributed by atoms with E-state index in [0.29, 0.717) is 11.4 Å². The van der Waals surface area contributed by atoms with Crippen LogP contribution >= 0.6 is 27.3 Å². The lowest BCUT2D eigenvalue weighted by Crippen LogP contribution is -2.37. The van der Waals surface area contributed by atoms with Crippen LogP contribution in [0, 0.1) is 0 Å². The van der Waals surface area contributed by atoms with Gasteiger partial charge in [0.1, 0.15) is 0 Å². The molecule has 1 atom stereocenters. The molecule has 1 aromatic heterocycles. The lowest BCUT2D eigenvalue weighted by Gasteiger charge is -2.16. The van der Waals surface area contributed by atoms with E-state index in [1.54, 1.807) is 41.8 Å². The highest BCUT2D eigenvalue weighted by Crippen LogP contribution is 2.23. The number of sulfonamides is 1.